The van der Waals surface area contributed by atoms with Gasteiger partial charge in [-0.1, -0.05) is 31.6 Å². The van der Waals surface area contributed by atoms with E-state index >= 15 is 0 Å². The van der Waals surface area contributed by atoms with E-state index in [2.05, 4.69) is 29.4 Å². The quantitative estimate of drug-likeness (QED) is 0.307. The Hall–Kier alpha value is -0.680. The van der Waals surface area contributed by atoms with Gasteiger partial charge in [-0.2, -0.15) is 0 Å². The SMILES string of the molecule is C=COCCCCCCN1C=CC(=S)NC1S. The Balaban J connectivity index is 2.04. The highest BCUT2D eigenvalue weighted by molar-refractivity contribution is 7.82. The molecule has 1 unspecified atom stereocenters. The first-order valence-electron chi connectivity index (χ1n) is 5.89. The molecule has 5 heteroatoms. The highest BCUT2D eigenvalue weighted by Crippen LogP contribution is 2.10. The van der Waals surface area contributed by atoms with Crippen LogP contribution in [0.15, 0.2) is 25.1 Å². The lowest BCUT2D eigenvalue weighted by atomic mass is 10.2. The molecular weight excluding hydrogens is 252 g/mol. The van der Waals surface area contributed by atoms with E-state index < -0.39 is 0 Å². The summed E-state index contributed by atoms with van der Waals surface area (Å²) in [5.74, 6) is 0. The van der Waals surface area contributed by atoms with Gasteiger partial charge in [0.1, 0.15) is 10.5 Å². The molecule has 0 saturated heterocycles. The Bertz CT molecular complexity index is 282. The van der Waals surface area contributed by atoms with Gasteiger partial charge < -0.3 is 15.0 Å². The van der Waals surface area contributed by atoms with Crippen molar-refractivity contribution in [2.75, 3.05) is 13.2 Å². The van der Waals surface area contributed by atoms with Gasteiger partial charge in [-0.25, -0.2) is 0 Å². The first-order chi connectivity index (χ1) is 8.24. The number of nitrogens with zero attached hydrogens (tertiary/aromatic N) is 1. The third-order valence-electron chi connectivity index (χ3n) is 2.55. The summed E-state index contributed by atoms with van der Waals surface area (Å²) in [6.07, 6.45) is 10.1. The number of nitrogens with one attached hydrogen (secondary N) is 1. The first kappa shape index (κ1) is 14.4. The fourth-order valence-electron chi connectivity index (χ4n) is 1.62. The standard InChI is InChI=1S/C12H20N2OS2/c1-2-15-10-6-4-3-5-8-14-9-7-11(16)13-12(14)17/h2,7,9,12,17H,1,3-6,8,10H2,(H,13,16). The molecule has 1 rings (SSSR count). The molecule has 0 aliphatic carbocycles. The van der Waals surface area contributed by atoms with Gasteiger partial charge in [0, 0.05) is 12.7 Å². The zero-order valence-electron chi connectivity index (χ0n) is 9.97. The molecule has 96 valence electrons. The van der Waals surface area contributed by atoms with Crippen LogP contribution in [0.4, 0.5) is 0 Å². The van der Waals surface area contributed by atoms with Crippen molar-refractivity contribution < 1.29 is 4.74 Å². The van der Waals surface area contributed by atoms with Crippen LogP contribution in [0, 0.1) is 0 Å². The van der Waals surface area contributed by atoms with E-state index in [-0.39, 0.29) is 5.50 Å². The molecule has 0 radical (unpaired) electrons. The summed E-state index contributed by atoms with van der Waals surface area (Å²) in [5, 5.41) is 3.10. The van der Waals surface area contributed by atoms with E-state index in [9.17, 15) is 0 Å². The molecule has 0 bridgehead atoms. The maximum absolute atomic E-state index is 5.06. The van der Waals surface area contributed by atoms with Gasteiger partial charge >= 0.3 is 0 Å². The van der Waals surface area contributed by atoms with E-state index in [0.29, 0.717) is 0 Å². The number of ether oxygens (including phenoxy) is 1. The lowest BCUT2D eigenvalue weighted by molar-refractivity contribution is 0.240. The largest absolute Gasteiger partial charge is 0.502 e. The Labute approximate surface area is 114 Å². The summed E-state index contributed by atoms with van der Waals surface area (Å²) in [5.41, 5.74) is 0.0107. The third kappa shape index (κ3) is 5.98. The van der Waals surface area contributed by atoms with Gasteiger partial charge in [0.15, 0.2) is 0 Å². The van der Waals surface area contributed by atoms with E-state index in [0.717, 1.165) is 31.0 Å². The normalized spacial score (nSPS) is 19.0. The van der Waals surface area contributed by atoms with E-state index in [1.807, 2.05) is 12.3 Å². The van der Waals surface area contributed by atoms with Crippen molar-refractivity contribution in [3.05, 3.63) is 25.1 Å². The third-order valence-corrected chi connectivity index (χ3v) is 3.23. The van der Waals surface area contributed by atoms with Crippen LogP contribution in [0.25, 0.3) is 0 Å². The van der Waals surface area contributed by atoms with Crippen molar-refractivity contribution in [3.63, 3.8) is 0 Å². The molecule has 17 heavy (non-hydrogen) atoms. The zero-order valence-corrected chi connectivity index (χ0v) is 11.7. The van der Waals surface area contributed by atoms with Gasteiger partial charge in [0.05, 0.1) is 12.9 Å². The van der Waals surface area contributed by atoms with E-state index in [1.165, 1.54) is 19.1 Å². The molecular formula is C12H20N2OS2. The second-order valence-corrected chi connectivity index (χ2v) is 4.82. The molecule has 1 N–H and O–H groups in total. The van der Waals surface area contributed by atoms with Crippen LogP contribution in [-0.4, -0.2) is 28.5 Å². The minimum atomic E-state index is 0.0107. The monoisotopic (exact) mass is 272 g/mol. The smallest absolute Gasteiger partial charge is 0.145 e. The van der Waals surface area contributed by atoms with Crippen LogP contribution in [0.3, 0.4) is 0 Å². The van der Waals surface area contributed by atoms with E-state index in [4.69, 9.17) is 17.0 Å². The fraction of sp³-hybridized carbons (Fsp3) is 0.583. The summed E-state index contributed by atoms with van der Waals surface area (Å²) in [7, 11) is 0. The zero-order chi connectivity index (χ0) is 12.5. The predicted molar refractivity (Wildman–Crippen MR) is 79.0 cm³/mol. The Morgan fingerprint density at radius 1 is 1.47 bits per heavy atom. The minimum absolute atomic E-state index is 0.0107. The first-order valence-corrected chi connectivity index (χ1v) is 6.81. The van der Waals surface area contributed by atoms with Crippen LogP contribution < -0.4 is 5.32 Å². The number of unbranched alkanes of at least 4 members (excludes halogenated alkanes) is 3. The maximum Gasteiger partial charge on any atom is 0.145 e. The second kappa shape index (κ2) is 8.42. The lowest BCUT2D eigenvalue weighted by Crippen LogP contribution is -2.44. The number of thiocarbonyl (C=S) groups is 1. The Kier molecular flexibility index (Phi) is 7.12. The molecule has 0 spiro atoms. The molecule has 0 saturated carbocycles. The maximum atomic E-state index is 5.06. The number of hydrogen-bond donors (Lipinski definition) is 2. The highest BCUT2D eigenvalue weighted by atomic mass is 32.1. The molecule has 1 aliphatic rings. The predicted octanol–water partition coefficient (Wildman–Crippen LogP) is 2.67. The average molecular weight is 272 g/mol. The topological polar surface area (TPSA) is 24.5 Å². The van der Waals surface area contributed by atoms with Crippen molar-refractivity contribution in [1.82, 2.24) is 10.2 Å². The molecule has 0 aromatic carbocycles. The molecule has 1 aliphatic heterocycles. The van der Waals surface area contributed by atoms with Crippen LogP contribution >= 0.6 is 24.8 Å². The fourth-order valence-corrected chi connectivity index (χ4v) is 2.21. The summed E-state index contributed by atoms with van der Waals surface area (Å²) >= 11 is 9.47. The van der Waals surface area contributed by atoms with Gasteiger partial charge in [0.25, 0.3) is 0 Å². The molecule has 0 aromatic heterocycles. The summed E-state index contributed by atoms with van der Waals surface area (Å²) in [6, 6.07) is 0. The molecule has 1 heterocycles. The minimum Gasteiger partial charge on any atom is -0.502 e. The van der Waals surface area contributed by atoms with Crippen molar-refractivity contribution in [3.8, 4) is 0 Å². The lowest BCUT2D eigenvalue weighted by Gasteiger charge is -2.31. The average Bonchev–Trinajstić information content (AvgIpc) is 2.30. The number of rotatable bonds is 8. The molecule has 0 aromatic rings. The molecule has 1 atom stereocenters. The van der Waals surface area contributed by atoms with Crippen LogP contribution in [-0.2, 0) is 4.74 Å². The Morgan fingerprint density at radius 2 is 2.24 bits per heavy atom. The van der Waals surface area contributed by atoms with Crippen molar-refractivity contribution in [1.29, 1.82) is 0 Å². The summed E-state index contributed by atoms with van der Waals surface area (Å²) in [6.45, 7) is 5.29. The molecule has 3 nitrogen and oxygen atoms in total. The number of thiol groups is 1. The van der Waals surface area contributed by atoms with Gasteiger partial charge in [-0.15, -0.1) is 12.6 Å². The Morgan fingerprint density at radius 3 is 2.94 bits per heavy atom. The molecule has 0 amide bonds. The van der Waals surface area contributed by atoms with Crippen LogP contribution in [0.1, 0.15) is 25.7 Å². The summed E-state index contributed by atoms with van der Waals surface area (Å²) < 4.78 is 5.06. The van der Waals surface area contributed by atoms with Gasteiger partial charge in [0.2, 0.25) is 0 Å². The van der Waals surface area contributed by atoms with Gasteiger partial charge in [-0.3, -0.25) is 0 Å². The highest BCUT2D eigenvalue weighted by Gasteiger charge is 2.14. The van der Waals surface area contributed by atoms with E-state index in [1.54, 1.807) is 0 Å². The van der Waals surface area contributed by atoms with Crippen LogP contribution in [0.2, 0.25) is 0 Å². The van der Waals surface area contributed by atoms with Crippen LogP contribution in [0.5, 0.6) is 0 Å². The number of hydrogen-bond acceptors (Lipinski definition) is 4. The van der Waals surface area contributed by atoms with Gasteiger partial charge in [-0.05, 0) is 18.9 Å². The van der Waals surface area contributed by atoms with Crippen molar-refractivity contribution in [2.24, 2.45) is 0 Å². The second-order valence-electron chi connectivity index (χ2n) is 3.89. The molecule has 0 fully saturated rings. The van der Waals surface area contributed by atoms with Crippen molar-refractivity contribution in [2.45, 2.75) is 31.2 Å². The van der Waals surface area contributed by atoms with Crippen molar-refractivity contribution >= 4 is 29.8 Å². The summed E-state index contributed by atoms with van der Waals surface area (Å²) in [4.78, 5) is 2.90.